The van der Waals surface area contributed by atoms with Crippen molar-refractivity contribution in [2.75, 3.05) is 26.2 Å². The molecule has 0 atom stereocenters. The normalized spacial score (nSPS) is 17.0. The summed E-state index contributed by atoms with van der Waals surface area (Å²) in [6.45, 7) is 6.83. The van der Waals surface area contributed by atoms with Crippen LogP contribution in [0.3, 0.4) is 0 Å². The van der Waals surface area contributed by atoms with Gasteiger partial charge in [-0.25, -0.2) is 8.42 Å². The molecule has 0 spiro atoms. The molecule has 0 bridgehead atoms. The molecule has 0 saturated carbocycles. The Hall–Kier alpha value is -0.0400. The summed E-state index contributed by atoms with van der Waals surface area (Å²) in [6, 6.07) is 2.98. The molecule has 1 aromatic rings. The van der Waals surface area contributed by atoms with Crippen LogP contribution in [0, 0.1) is 12.8 Å². The zero-order valence-corrected chi connectivity index (χ0v) is 16.5. The fraction of sp³-hybridized carbons (Fsp3) is 0.600. The van der Waals surface area contributed by atoms with Gasteiger partial charge in [0.15, 0.2) is 0 Å². The highest BCUT2D eigenvalue weighted by Gasteiger charge is 2.29. The molecule has 1 aromatic carbocycles. The zero-order valence-electron chi connectivity index (χ0n) is 13.3. The Kier molecular flexibility index (Phi) is 8.11. The van der Waals surface area contributed by atoms with Gasteiger partial charge >= 0.3 is 0 Å². The molecule has 1 N–H and O–H groups in total. The van der Waals surface area contributed by atoms with Crippen molar-refractivity contribution >= 4 is 45.6 Å². The maximum Gasteiger partial charge on any atom is 0.243 e. The maximum atomic E-state index is 12.7. The van der Waals surface area contributed by atoms with Crippen molar-refractivity contribution in [3.63, 3.8) is 0 Å². The van der Waals surface area contributed by atoms with Crippen molar-refractivity contribution in [2.45, 2.75) is 31.6 Å². The number of rotatable bonds is 5. The van der Waals surface area contributed by atoms with Gasteiger partial charge < -0.3 is 5.32 Å². The Bertz CT molecular complexity index is 607. The first-order chi connectivity index (χ1) is 10.4. The first-order valence-electron chi connectivity index (χ1n) is 7.52. The van der Waals surface area contributed by atoms with E-state index in [-0.39, 0.29) is 17.3 Å². The van der Waals surface area contributed by atoms with Gasteiger partial charge in [0.1, 0.15) is 0 Å². The van der Waals surface area contributed by atoms with Gasteiger partial charge in [-0.2, -0.15) is 4.31 Å². The van der Waals surface area contributed by atoms with E-state index in [0.29, 0.717) is 34.6 Å². The number of nitrogens with zero attached hydrogens (tertiary/aromatic N) is 1. The number of sulfonamides is 1. The highest BCUT2D eigenvalue weighted by Crippen LogP contribution is 2.30. The van der Waals surface area contributed by atoms with Crippen LogP contribution in [0.25, 0.3) is 0 Å². The van der Waals surface area contributed by atoms with E-state index in [1.54, 1.807) is 6.92 Å². The number of hydrogen-bond acceptors (Lipinski definition) is 3. The maximum absolute atomic E-state index is 12.7. The summed E-state index contributed by atoms with van der Waals surface area (Å²) in [5, 5.41) is 4.09. The van der Waals surface area contributed by atoms with Gasteiger partial charge in [-0.05, 0) is 56.5 Å². The van der Waals surface area contributed by atoms with Crippen molar-refractivity contribution < 1.29 is 8.42 Å². The largest absolute Gasteiger partial charge is 0.317 e. The Morgan fingerprint density at radius 2 is 1.74 bits per heavy atom. The molecule has 1 heterocycles. The van der Waals surface area contributed by atoms with E-state index in [4.69, 9.17) is 23.2 Å². The van der Waals surface area contributed by atoms with E-state index in [2.05, 4.69) is 12.2 Å². The lowest BCUT2D eigenvalue weighted by molar-refractivity contribution is 0.268. The van der Waals surface area contributed by atoms with Crippen LogP contribution < -0.4 is 5.32 Å². The van der Waals surface area contributed by atoms with Gasteiger partial charge in [0.2, 0.25) is 10.0 Å². The van der Waals surface area contributed by atoms with Crippen LogP contribution in [-0.2, 0) is 10.0 Å². The summed E-state index contributed by atoms with van der Waals surface area (Å²) in [5.74, 6) is 0.539. The molecule has 1 fully saturated rings. The monoisotopic (exact) mass is 400 g/mol. The van der Waals surface area contributed by atoms with Gasteiger partial charge in [-0.3, -0.25) is 0 Å². The molecule has 1 saturated heterocycles. The minimum absolute atomic E-state index is 0. The Morgan fingerprint density at radius 3 is 2.22 bits per heavy atom. The number of hydrogen-bond donors (Lipinski definition) is 1. The number of benzene rings is 1. The second kappa shape index (κ2) is 8.88. The van der Waals surface area contributed by atoms with Crippen LogP contribution in [0.4, 0.5) is 0 Å². The SMILES string of the molecule is CCNCC1CCN(S(=O)(=O)c2cc(Cl)c(C)c(Cl)c2)CC1.Cl. The molecule has 23 heavy (non-hydrogen) atoms. The van der Waals surface area contributed by atoms with Gasteiger partial charge in [0.05, 0.1) is 4.90 Å². The van der Waals surface area contributed by atoms with Gasteiger partial charge in [-0.1, -0.05) is 30.1 Å². The molecular weight excluding hydrogens is 379 g/mol. The fourth-order valence-electron chi connectivity index (χ4n) is 2.62. The summed E-state index contributed by atoms with van der Waals surface area (Å²) in [6.07, 6.45) is 1.75. The lowest BCUT2D eigenvalue weighted by atomic mass is 9.98. The quantitative estimate of drug-likeness (QED) is 0.817. The number of nitrogens with one attached hydrogen (secondary N) is 1. The molecule has 0 aromatic heterocycles. The highest BCUT2D eigenvalue weighted by molar-refractivity contribution is 7.89. The molecule has 0 radical (unpaired) electrons. The Balaban J connectivity index is 0.00000264. The van der Waals surface area contributed by atoms with Gasteiger partial charge in [0.25, 0.3) is 0 Å². The summed E-state index contributed by atoms with van der Waals surface area (Å²) >= 11 is 12.1. The van der Waals surface area contributed by atoms with Crippen molar-refractivity contribution in [1.82, 2.24) is 9.62 Å². The van der Waals surface area contributed by atoms with Crippen molar-refractivity contribution in [3.05, 3.63) is 27.7 Å². The molecule has 2 rings (SSSR count). The first kappa shape index (κ1) is 21.0. The van der Waals surface area contributed by atoms with E-state index < -0.39 is 10.0 Å². The van der Waals surface area contributed by atoms with Crippen molar-refractivity contribution in [1.29, 1.82) is 0 Å². The first-order valence-corrected chi connectivity index (χ1v) is 9.72. The predicted molar refractivity (Wildman–Crippen MR) is 98.5 cm³/mol. The lowest BCUT2D eigenvalue weighted by Gasteiger charge is -2.31. The summed E-state index contributed by atoms with van der Waals surface area (Å²) < 4.78 is 27.0. The Morgan fingerprint density at radius 1 is 1.22 bits per heavy atom. The van der Waals surface area contributed by atoms with E-state index in [1.165, 1.54) is 16.4 Å². The van der Waals surface area contributed by atoms with Crippen LogP contribution in [0.1, 0.15) is 25.3 Å². The van der Waals surface area contributed by atoms with Crippen LogP contribution in [0.5, 0.6) is 0 Å². The molecule has 0 amide bonds. The molecule has 8 heteroatoms. The molecule has 132 valence electrons. The second-order valence-electron chi connectivity index (χ2n) is 5.67. The van der Waals surface area contributed by atoms with Crippen LogP contribution in [0.2, 0.25) is 10.0 Å². The number of halogens is 3. The smallest absolute Gasteiger partial charge is 0.243 e. The van der Waals surface area contributed by atoms with E-state index in [9.17, 15) is 8.42 Å². The minimum atomic E-state index is -3.52. The minimum Gasteiger partial charge on any atom is -0.317 e. The molecule has 1 aliphatic heterocycles. The predicted octanol–water partition coefficient (Wildman–Crippen LogP) is 3.73. The standard InChI is InChI=1S/C15H22Cl2N2O2S.ClH/c1-3-18-10-12-4-6-19(7-5-12)22(20,21)13-8-14(16)11(2)15(17)9-13;/h8-9,12,18H,3-7,10H2,1-2H3;1H. The van der Waals surface area contributed by atoms with E-state index in [1.807, 2.05) is 0 Å². The summed E-state index contributed by atoms with van der Waals surface area (Å²) in [7, 11) is -3.52. The molecular formula is C15H23Cl3N2O2S. The summed E-state index contributed by atoms with van der Waals surface area (Å²) in [5.41, 5.74) is 0.701. The molecule has 4 nitrogen and oxygen atoms in total. The van der Waals surface area contributed by atoms with Crippen molar-refractivity contribution in [2.24, 2.45) is 5.92 Å². The van der Waals surface area contributed by atoms with Gasteiger partial charge in [-0.15, -0.1) is 12.4 Å². The van der Waals surface area contributed by atoms with Crippen molar-refractivity contribution in [3.8, 4) is 0 Å². The van der Waals surface area contributed by atoms with Crippen LogP contribution >= 0.6 is 35.6 Å². The van der Waals surface area contributed by atoms with Gasteiger partial charge in [0, 0.05) is 23.1 Å². The Labute approximate surface area is 155 Å². The summed E-state index contributed by atoms with van der Waals surface area (Å²) in [4.78, 5) is 0.179. The second-order valence-corrected chi connectivity index (χ2v) is 8.42. The van der Waals surface area contributed by atoms with Crippen LogP contribution in [-0.4, -0.2) is 38.9 Å². The van der Waals surface area contributed by atoms with E-state index in [0.717, 1.165) is 25.9 Å². The fourth-order valence-corrected chi connectivity index (χ4v) is 4.76. The average molecular weight is 402 g/mol. The topological polar surface area (TPSA) is 49.4 Å². The highest BCUT2D eigenvalue weighted by atomic mass is 35.5. The lowest BCUT2D eigenvalue weighted by Crippen LogP contribution is -2.40. The molecule has 0 aliphatic carbocycles. The third-order valence-corrected chi connectivity index (χ3v) is 6.81. The molecule has 1 aliphatic rings. The third-order valence-electron chi connectivity index (χ3n) is 4.15. The number of piperidine rings is 1. The van der Waals surface area contributed by atoms with Crippen LogP contribution in [0.15, 0.2) is 17.0 Å². The molecule has 0 unspecified atom stereocenters. The third kappa shape index (κ3) is 4.97. The van der Waals surface area contributed by atoms with E-state index >= 15 is 0 Å². The average Bonchev–Trinajstić information content (AvgIpc) is 2.50. The zero-order chi connectivity index (χ0) is 16.3.